The zero-order valence-electron chi connectivity index (χ0n) is 18.2. The fraction of sp³-hybridized carbons (Fsp3) is 0.208. The summed E-state index contributed by atoms with van der Waals surface area (Å²) in [6.07, 6.45) is 0.469. The minimum Gasteiger partial charge on any atom is -0.495 e. The van der Waals surface area contributed by atoms with E-state index in [2.05, 4.69) is 5.32 Å². The van der Waals surface area contributed by atoms with E-state index in [4.69, 9.17) is 16.3 Å². The number of hydrogen-bond donors (Lipinski definition) is 1. The van der Waals surface area contributed by atoms with E-state index in [1.54, 1.807) is 36.4 Å². The van der Waals surface area contributed by atoms with Gasteiger partial charge in [0.25, 0.3) is 10.0 Å². The second-order valence-electron chi connectivity index (χ2n) is 7.37. The van der Waals surface area contributed by atoms with Gasteiger partial charge in [-0.25, -0.2) is 12.8 Å². The zero-order chi connectivity index (χ0) is 24.0. The molecule has 1 amide bonds. The van der Waals surface area contributed by atoms with Crippen molar-refractivity contribution < 1.29 is 22.3 Å². The van der Waals surface area contributed by atoms with Crippen molar-refractivity contribution >= 4 is 33.2 Å². The summed E-state index contributed by atoms with van der Waals surface area (Å²) in [5.41, 5.74) is 1.90. The van der Waals surface area contributed by atoms with Crippen molar-refractivity contribution in [2.45, 2.75) is 18.2 Å². The van der Waals surface area contributed by atoms with Crippen LogP contribution in [-0.4, -0.2) is 34.5 Å². The molecular formula is C24H24ClFN2O4S. The number of aryl methyl sites for hydroxylation is 1. The van der Waals surface area contributed by atoms with Gasteiger partial charge in [0.05, 0.1) is 17.7 Å². The smallest absolute Gasteiger partial charge is 0.264 e. The van der Waals surface area contributed by atoms with Crippen molar-refractivity contribution in [2.75, 3.05) is 24.5 Å². The zero-order valence-corrected chi connectivity index (χ0v) is 19.8. The van der Waals surface area contributed by atoms with E-state index in [0.29, 0.717) is 11.4 Å². The molecule has 0 aromatic heterocycles. The molecule has 0 radical (unpaired) electrons. The Kier molecular flexibility index (Phi) is 7.94. The van der Waals surface area contributed by atoms with Crippen LogP contribution in [0.5, 0.6) is 5.75 Å². The highest BCUT2D eigenvalue weighted by molar-refractivity contribution is 7.92. The molecule has 0 aliphatic heterocycles. The van der Waals surface area contributed by atoms with Crippen LogP contribution in [0.25, 0.3) is 0 Å². The van der Waals surface area contributed by atoms with E-state index in [1.807, 2.05) is 6.92 Å². The van der Waals surface area contributed by atoms with Crippen molar-refractivity contribution in [3.63, 3.8) is 0 Å². The van der Waals surface area contributed by atoms with E-state index >= 15 is 0 Å². The van der Waals surface area contributed by atoms with Crippen LogP contribution < -0.4 is 14.4 Å². The lowest BCUT2D eigenvalue weighted by Crippen LogP contribution is -2.41. The van der Waals surface area contributed by atoms with Gasteiger partial charge in [0.1, 0.15) is 18.1 Å². The first-order chi connectivity index (χ1) is 15.7. The second kappa shape index (κ2) is 10.7. The van der Waals surface area contributed by atoms with E-state index in [1.165, 1.54) is 37.4 Å². The molecule has 0 saturated carbocycles. The first kappa shape index (κ1) is 24.5. The maximum Gasteiger partial charge on any atom is 0.264 e. The summed E-state index contributed by atoms with van der Waals surface area (Å²) in [6.45, 7) is 1.63. The Morgan fingerprint density at radius 1 is 1.06 bits per heavy atom. The summed E-state index contributed by atoms with van der Waals surface area (Å²) in [5.74, 6) is -0.584. The number of amides is 1. The van der Waals surface area contributed by atoms with Crippen molar-refractivity contribution in [3.05, 3.63) is 88.7 Å². The number of rotatable bonds is 9. The number of carbonyl (C=O) groups is 1. The van der Waals surface area contributed by atoms with E-state index in [0.717, 1.165) is 15.4 Å². The van der Waals surface area contributed by atoms with Crippen LogP contribution in [0.2, 0.25) is 5.02 Å². The van der Waals surface area contributed by atoms with Gasteiger partial charge in [-0.3, -0.25) is 9.10 Å². The summed E-state index contributed by atoms with van der Waals surface area (Å²) < 4.78 is 46.4. The van der Waals surface area contributed by atoms with Gasteiger partial charge >= 0.3 is 0 Å². The van der Waals surface area contributed by atoms with Crippen LogP contribution in [-0.2, 0) is 21.2 Å². The molecule has 6 nitrogen and oxygen atoms in total. The summed E-state index contributed by atoms with van der Waals surface area (Å²) in [7, 11) is -2.70. The second-order valence-corrected chi connectivity index (χ2v) is 9.67. The molecule has 0 spiro atoms. The Hall–Kier alpha value is -3.10. The maximum absolute atomic E-state index is 13.5. The first-order valence-electron chi connectivity index (χ1n) is 10.1. The lowest BCUT2D eigenvalue weighted by Gasteiger charge is -2.26. The average molecular weight is 491 g/mol. The molecule has 9 heteroatoms. The molecule has 3 aromatic rings. The van der Waals surface area contributed by atoms with Gasteiger partial charge in [0, 0.05) is 11.6 Å². The molecule has 0 aliphatic carbocycles. The summed E-state index contributed by atoms with van der Waals surface area (Å²) in [5, 5.41) is 3.02. The number of ether oxygens (including phenoxy) is 1. The third kappa shape index (κ3) is 6.24. The Bertz CT molecular complexity index is 1220. The number of carbonyl (C=O) groups excluding carboxylic acids is 1. The Labute approximate surface area is 198 Å². The quantitative estimate of drug-likeness (QED) is 0.484. The number of sulfonamides is 1. The van der Waals surface area contributed by atoms with Gasteiger partial charge < -0.3 is 10.1 Å². The fourth-order valence-corrected chi connectivity index (χ4v) is 4.77. The van der Waals surface area contributed by atoms with Crippen molar-refractivity contribution in [1.29, 1.82) is 0 Å². The number of benzene rings is 3. The van der Waals surface area contributed by atoms with Crippen LogP contribution in [0.15, 0.2) is 71.6 Å². The predicted molar refractivity (Wildman–Crippen MR) is 127 cm³/mol. The normalized spacial score (nSPS) is 11.2. The molecule has 33 heavy (non-hydrogen) atoms. The highest BCUT2D eigenvalue weighted by Gasteiger charge is 2.29. The van der Waals surface area contributed by atoms with Crippen LogP contribution in [0.3, 0.4) is 0 Å². The van der Waals surface area contributed by atoms with Gasteiger partial charge in [0.2, 0.25) is 5.91 Å². The SMILES string of the molecule is COc1ccc(Cl)cc1N(CC(=O)NCCc1ccc(F)cc1)S(=O)(=O)c1ccc(C)cc1. The van der Waals surface area contributed by atoms with Crippen LogP contribution in [0, 0.1) is 12.7 Å². The minimum atomic E-state index is -4.11. The number of nitrogens with one attached hydrogen (secondary N) is 1. The molecule has 0 atom stereocenters. The Balaban J connectivity index is 1.85. The minimum absolute atomic E-state index is 0.0363. The van der Waals surface area contributed by atoms with Crippen LogP contribution in [0.1, 0.15) is 11.1 Å². The van der Waals surface area contributed by atoms with E-state index < -0.39 is 22.5 Å². The highest BCUT2D eigenvalue weighted by atomic mass is 35.5. The first-order valence-corrected chi connectivity index (χ1v) is 12.0. The number of nitrogens with zero attached hydrogens (tertiary/aromatic N) is 1. The van der Waals surface area contributed by atoms with Crippen LogP contribution in [0.4, 0.5) is 10.1 Å². The van der Waals surface area contributed by atoms with Gasteiger partial charge in [0.15, 0.2) is 0 Å². The molecule has 3 aromatic carbocycles. The molecule has 0 fully saturated rings. The molecule has 0 aliphatic rings. The van der Waals surface area contributed by atoms with Crippen molar-refractivity contribution in [1.82, 2.24) is 5.32 Å². The molecule has 0 saturated heterocycles. The molecule has 3 rings (SSSR count). The summed E-state index contributed by atoms with van der Waals surface area (Å²) >= 11 is 6.13. The number of halogens is 2. The van der Waals surface area contributed by atoms with E-state index in [-0.39, 0.29) is 28.7 Å². The van der Waals surface area contributed by atoms with Crippen molar-refractivity contribution in [2.24, 2.45) is 0 Å². The molecule has 0 heterocycles. The summed E-state index contributed by atoms with van der Waals surface area (Å²) in [4.78, 5) is 12.8. The number of anilines is 1. The lowest BCUT2D eigenvalue weighted by molar-refractivity contribution is -0.119. The van der Waals surface area contributed by atoms with Gasteiger partial charge in [-0.05, 0) is 61.4 Å². The van der Waals surface area contributed by atoms with E-state index in [9.17, 15) is 17.6 Å². The molecule has 1 N–H and O–H groups in total. The van der Waals surface area contributed by atoms with Gasteiger partial charge in [-0.2, -0.15) is 0 Å². The molecular weight excluding hydrogens is 467 g/mol. The van der Waals surface area contributed by atoms with Crippen molar-refractivity contribution in [3.8, 4) is 5.75 Å². The van der Waals surface area contributed by atoms with Crippen LogP contribution >= 0.6 is 11.6 Å². The Morgan fingerprint density at radius 3 is 2.36 bits per heavy atom. The summed E-state index contributed by atoms with van der Waals surface area (Å²) in [6, 6.07) is 16.9. The molecule has 0 bridgehead atoms. The number of hydrogen-bond acceptors (Lipinski definition) is 4. The number of methoxy groups -OCH3 is 1. The largest absolute Gasteiger partial charge is 0.495 e. The lowest BCUT2D eigenvalue weighted by atomic mass is 10.1. The van der Waals surface area contributed by atoms with Gasteiger partial charge in [-0.15, -0.1) is 0 Å². The average Bonchev–Trinajstić information content (AvgIpc) is 2.79. The molecule has 174 valence electrons. The fourth-order valence-electron chi connectivity index (χ4n) is 3.18. The Morgan fingerprint density at radius 2 is 1.73 bits per heavy atom. The standard InChI is InChI=1S/C24H24ClFN2O4S/c1-17-3-10-21(11-4-17)33(30,31)28(22-15-19(25)7-12-23(22)32-2)16-24(29)27-14-13-18-5-8-20(26)9-6-18/h3-12,15H,13-14,16H2,1-2H3,(H,27,29). The topological polar surface area (TPSA) is 75.7 Å². The highest BCUT2D eigenvalue weighted by Crippen LogP contribution is 2.34. The third-order valence-corrected chi connectivity index (χ3v) is 6.96. The molecule has 0 unspecified atom stereocenters. The predicted octanol–water partition coefficient (Wildman–Crippen LogP) is 4.35. The third-order valence-electron chi connectivity index (χ3n) is 4.95. The maximum atomic E-state index is 13.5. The monoisotopic (exact) mass is 490 g/mol. The van der Waals surface area contributed by atoms with Gasteiger partial charge in [-0.1, -0.05) is 41.4 Å².